The maximum Gasteiger partial charge on any atom is -0.0162 e. The number of hydrogen-bond acceptors (Lipinski definition) is 0. The van der Waals surface area contributed by atoms with Crippen LogP contribution in [0.4, 0.5) is 0 Å². The summed E-state index contributed by atoms with van der Waals surface area (Å²) >= 11 is 0. The highest BCUT2D eigenvalue weighted by Gasteiger charge is 2.23. The van der Waals surface area contributed by atoms with Gasteiger partial charge >= 0.3 is 0 Å². The molecule has 4 rings (SSSR count). The van der Waals surface area contributed by atoms with Gasteiger partial charge in [0.2, 0.25) is 0 Å². The first-order chi connectivity index (χ1) is 17.7. The molecule has 0 bridgehead atoms. The molecule has 1 aromatic rings. The van der Waals surface area contributed by atoms with Crippen LogP contribution in [0.2, 0.25) is 0 Å². The predicted molar refractivity (Wildman–Crippen MR) is 158 cm³/mol. The van der Waals surface area contributed by atoms with Gasteiger partial charge in [-0.2, -0.15) is 0 Å². The van der Waals surface area contributed by atoms with Gasteiger partial charge in [0.05, 0.1) is 0 Å². The molecule has 3 aliphatic rings. The lowest BCUT2D eigenvalue weighted by atomic mass is 9.76. The molecule has 3 aliphatic carbocycles. The number of unbranched alkanes of at least 4 members (excludes halogenated alkanes) is 2. The van der Waals surface area contributed by atoms with Gasteiger partial charge in [0, 0.05) is 0 Å². The van der Waals surface area contributed by atoms with Crippen molar-refractivity contribution in [3.63, 3.8) is 0 Å². The quantitative estimate of drug-likeness (QED) is 0.214. The zero-order valence-electron chi connectivity index (χ0n) is 23.8. The fraction of sp³-hybridized carbons (Fsp3) is 0.722. The Morgan fingerprint density at radius 3 is 1.50 bits per heavy atom. The Hall–Kier alpha value is -1.30. The van der Waals surface area contributed by atoms with Gasteiger partial charge in [-0.05, 0) is 137 Å². The molecule has 0 heterocycles. The average molecular weight is 489 g/mol. The van der Waals surface area contributed by atoms with Gasteiger partial charge in [0.1, 0.15) is 0 Å². The number of allylic oxidation sites excluding steroid dienone is 4. The normalized spacial score (nSPS) is 31.8. The van der Waals surface area contributed by atoms with E-state index in [0.717, 1.165) is 35.5 Å². The van der Waals surface area contributed by atoms with Crippen LogP contribution >= 0.6 is 0 Å². The van der Waals surface area contributed by atoms with Gasteiger partial charge in [-0.25, -0.2) is 0 Å². The summed E-state index contributed by atoms with van der Waals surface area (Å²) in [5.74, 6) is 5.24. The van der Waals surface area contributed by atoms with Crippen LogP contribution in [0, 0.1) is 29.6 Å². The third kappa shape index (κ3) is 8.92. The number of rotatable bonds is 11. The van der Waals surface area contributed by atoms with Crippen LogP contribution in [0.15, 0.2) is 48.6 Å². The Morgan fingerprint density at radius 2 is 1.03 bits per heavy atom. The van der Waals surface area contributed by atoms with Crippen molar-refractivity contribution in [1.29, 1.82) is 0 Å². The maximum atomic E-state index is 2.63. The standard InChI is InChI=1S/C36H56/c1-3-5-6-8-30-21-25-35(26-22-30)36-27-23-34(24-28-36)20-19-33-17-15-32(16-18-33)14-13-31-11-9-29(7-4-2)10-12-31/h13-14,19-22,25-26,29,31-34,36H,3-12,15-18,23-24,27-28H2,1-2H3/b14-13+,20-19+/t29-,31-,32-,33-,34-,36-. The summed E-state index contributed by atoms with van der Waals surface area (Å²) in [7, 11) is 0. The van der Waals surface area contributed by atoms with Crippen molar-refractivity contribution < 1.29 is 0 Å². The molecule has 0 saturated heterocycles. The molecule has 1 aromatic carbocycles. The molecular weight excluding hydrogens is 432 g/mol. The predicted octanol–water partition coefficient (Wildman–Crippen LogP) is 11.2. The van der Waals surface area contributed by atoms with E-state index in [1.165, 1.54) is 121 Å². The van der Waals surface area contributed by atoms with Crippen LogP contribution in [0.25, 0.3) is 0 Å². The second-order valence-electron chi connectivity index (χ2n) is 12.8. The smallest absolute Gasteiger partial charge is 0.0162 e. The van der Waals surface area contributed by atoms with Crippen molar-refractivity contribution >= 4 is 0 Å². The molecule has 3 fully saturated rings. The summed E-state index contributed by atoms with van der Waals surface area (Å²) in [6.07, 6.45) is 35.7. The third-order valence-electron chi connectivity index (χ3n) is 10.0. The Kier molecular flexibility index (Phi) is 11.7. The van der Waals surface area contributed by atoms with Crippen LogP contribution in [0.1, 0.15) is 140 Å². The van der Waals surface area contributed by atoms with E-state index in [1.807, 2.05) is 0 Å². The van der Waals surface area contributed by atoms with Gasteiger partial charge in [0.25, 0.3) is 0 Å². The lowest BCUT2D eigenvalue weighted by Gasteiger charge is -2.29. The van der Waals surface area contributed by atoms with Crippen molar-refractivity contribution in [2.24, 2.45) is 29.6 Å². The lowest BCUT2D eigenvalue weighted by Crippen LogP contribution is -2.15. The molecular formula is C36H56. The zero-order valence-corrected chi connectivity index (χ0v) is 23.8. The van der Waals surface area contributed by atoms with Crippen LogP contribution in [-0.2, 0) is 6.42 Å². The number of aryl methyl sites for hydroxylation is 1. The molecule has 3 saturated carbocycles. The molecule has 0 aromatic heterocycles. The van der Waals surface area contributed by atoms with Crippen LogP contribution in [-0.4, -0.2) is 0 Å². The van der Waals surface area contributed by atoms with Crippen LogP contribution in [0.3, 0.4) is 0 Å². The van der Waals surface area contributed by atoms with E-state index in [1.54, 1.807) is 5.56 Å². The topological polar surface area (TPSA) is 0 Å². The fourth-order valence-electron chi connectivity index (χ4n) is 7.42. The summed E-state index contributed by atoms with van der Waals surface area (Å²) in [5, 5.41) is 0. The van der Waals surface area contributed by atoms with Crippen molar-refractivity contribution in [3.8, 4) is 0 Å². The first kappa shape index (κ1) is 27.7. The molecule has 0 nitrogen and oxygen atoms in total. The van der Waals surface area contributed by atoms with Gasteiger partial charge < -0.3 is 0 Å². The lowest BCUT2D eigenvalue weighted by molar-refractivity contribution is 0.292. The first-order valence-corrected chi connectivity index (χ1v) is 16.2. The second kappa shape index (κ2) is 15.2. The number of benzene rings is 1. The van der Waals surface area contributed by atoms with Gasteiger partial charge in [-0.15, -0.1) is 0 Å². The zero-order chi connectivity index (χ0) is 25.0. The molecule has 0 aliphatic heterocycles. The van der Waals surface area contributed by atoms with Gasteiger partial charge in [-0.3, -0.25) is 0 Å². The van der Waals surface area contributed by atoms with Gasteiger partial charge in [0.15, 0.2) is 0 Å². The van der Waals surface area contributed by atoms with Crippen molar-refractivity contribution in [1.82, 2.24) is 0 Å². The molecule has 0 amide bonds. The van der Waals surface area contributed by atoms with E-state index < -0.39 is 0 Å². The SMILES string of the molecule is CCCCCc1ccc([C@H]2CC[C@H](/C=C/[C@H]3CC[C@H](/C=C/[C@H]4CC[C@H](CCC)CC4)CC3)CC2)cc1. The van der Waals surface area contributed by atoms with Crippen molar-refractivity contribution in [2.75, 3.05) is 0 Å². The Labute approximate surface area is 224 Å². The molecule has 200 valence electrons. The highest BCUT2D eigenvalue weighted by atomic mass is 14.3. The fourth-order valence-corrected chi connectivity index (χ4v) is 7.42. The summed E-state index contributed by atoms with van der Waals surface area (Å²) in [6, 6.07) is 9.68. The minimum Gasteiger partial charge on any atom is -0.0851 e. The average Bonchev–Trinajstić information content (AvgIpc) is 2.93. The van der Waals surface area contributed by atoms with E-state index in [4.69, 9.17) is 0 Å². The maximum absolute atomic E-state index is 2.63. The Bertz CT molecular complexity index is 759. The molecule has 0 N–H and O–H groups in total. The summed E-state index contributed by atoms with van der Waals surface area (Å²) < 4.78 is 0. The molecule has 36 heavy (non-hydrogen) atoms. The Balaban J connectivity index is 1.11. The van der Waals surface area contributed by atoms with Crippen LogP contribution < -0.4 is 0 Å². The molecule has 0 radical (unpaired) electrons. The van der Waals surface area contributed by atoms with Crippen molar-refractivity contribution in [3.05, 3.63) is 59.7 Å². The molecule has 0 spiro atoms. The highest BCUT2D eigenvalue weighted by Crippen LogP contribution is 2.38. The second-order valence-corrected chi connectivity index (χ2v) is 12.8. The molecule has 0 atom stereocenters. The largest absolute Gasteiger partial charge is 0.0851 e. The third-order valence-corrected chi connectivity index (χ3v) is 10.0. The number of hydrogen-bond donors (Lipinski definition) is 0. The van der Waals surface area contributed by atoms with E-state index in [-0.39, 0.29) is 0 Å². The van der Waals surface area contributed by atoms with Crippen molar-refractivity contribution in [2.45, 2.75) is 135 Å². The summed E-state index contributed by atoms with van der Waals surface area (Å²) in [4.78, 5) is 0. The molecule has 0 heteroatoms. The summed E-state index contributed by atoms with van der Waals surface area (Å²) in [5.41, 5.74) is 3.13. The minimum absolute atomic E-state index is 0.795. The highest BCUT2D eigenvalue weighted by molar-refractivity contribution is 5.26. The van der Waals surface area contributed by atoms with E-state index in [0.29, 0.717) is 0 Å². The monoisotopic (exact) mass is 488 g/mol. The van der Waals surface area contributed by atoms with E-state index >= 15 is 0 Å². The Morgan fingerprint density at radius 1 is 0.556 bits per heavy atom. The van der Waals surface area contributed by atoms with E-state index in [9.17, 15) is 0 Å². The van der Waals surface area contributed by atoms with Crippen LogP contribution in [0.5, 0.6) is 0 Å². The minimum atomic E-state index is 0.795. The van der Waals surface area contributed by atoms with Gasteiger partial charge in [-0.1, -0.05) is 88.1 Å². The summed E-state index contributed by atoms with van der Waals surface area (Å²) in [6.45, 7) is 4.63. The first-order valence-electron chi connectivity index (χ1n) is 16.2. The van der Waals surface area contributed by atoms with E-state index in [2.05, 4.69) is 62.4 Å². The molecule has 0 unspecified atom stereocenters.